The van der Waals surface area contributed by atoms with Gasteiger partial charge in [0.25, 0.3) is 0 Å². The van der Waals surface area contributed by atoms with Gasteiger partial charge in [0.1, 0.15) is 6.04 Å². The number of aliphatic hydroxyl groups excluding tert-OH is 1. The number of urea groups is 1. The Morgan fingerprint density at radius 3 is 2.61 bits per heavy atom. The second kappa shape index (κ2) is 10.8. The highest BCUT2D eigenvalue weighted by atomic mass is 16.5. The quantitative estimate of drug-likeness (QED) is 0.412. The van der Waals surface area contributed by atoms with Crippen LogP contribution in [-0.4, -0.2) is 54.6 Å². The number of hydrogen-bond donors (Lipinski definition) is 4. The molecule has 0 saturated carbocycles. The largest absolute Gasteiger partial charge is 0.480 e. The van der Waals surface area contributed by atoms with Crippen LogP contribution in [0.15, 0.2) is 0 Å². The van der Waals surface area contributed by atoms with Crippen molar-refractivity contribution in [3.05, 3.63) is 0 Å². The van der Waals surface area contributed by atoms with E-state index in [4.69, 9.17) is 14.9 Å². The van der Waals surface area contributed by atoms with E-state index in [0.29, 0.717) is 26.2 Å². The van der Waals surface area contributed by atoms with Crippen LogP contribution >= 0.6 is 0 Å². The molecule has 0 unspecified atom stereocenters. The van der Waals surface area contributed by atoms with E-state index in [9.17, 15) is 9.59 Å². The first kappa shape index (κ1) is 16.7. The van der Waals surface area contributed by atoms with E-state index in [1.54, 1.807) is 0 Å². The Hall–Kier alpha value is -1.34. The van der Waals surface area contributed by atoms with Crippen LogP contribution in [0.3, 0.4) is 0 Å². The third-order valence-corrected chi connectivity index (χ3v) is 2.12. The van der Waals surface area contributed by atoms with Crippen molar-refractivity contribution in [2.75, 3.05) is 26.4 Å². The Morgan fingerprint density at radius 1 is 1.33 bits per heavy atom. The summed E-state index contributed by atoms with van der Waals surface area (Å²) in [5, 5.41) is 22.2. The summed E-state index contributed by atoms with van der Waals surface area (Å²) < 4.78 is 5.22. The molecule has 2 amide bonds. The number of aliphatic carboxylic acids is 1. The molecule has 0 aromatic carbocycles. The molecular formula is C11H22N2O5. The van der Waals surface area contributed by atoms with E-state index in [0.717, 1.165) is 6.42 Å². The molecule has 0 radical (unpaired) electrons. The highest BCUT2D eigenvalue weighted by Gasteiger charge is 2.18. The van der Waals surface area contributed by atoms with Crippen molar-refractivity contribution in [3.63, 3.8) is 0 Å². The van der Waals surface area contributed by atoms with Gasteiger partial charge in [-0.25, -0.2) is 9.59 Å². The molecule has 106 valence electrons. The van der Waals surface area contributed by atoms with E-state index in [2.05, 4.69) is 10.6 Å². The van der Waals surface area contributed by atoms with Gasteiger partial charge in [0, 0.05) is 32.8 Å². The van der Waals surface area contributed by atoms with Crippen LogP contribution in [0.1, 0.15) is 26.2 Å². The minimum atomic E-state index is -1.16. The normalized spacial score (nSPS) is 11.9. The summed E-state index contributed by atoms with van der Waals surface area (Å²) in [5.41, 5.74) is 0. The summed E-state index contributed by atoms with van der Waals surface area (Å²) in [6, 6.07) is -1.61. The summed E-state index contributed by atoms with van der Waals surface area (Å²) in [5.74, 6) is -1.16. The molecule has 0 saturated heterocycles. The lowest BCUT2D eigenvalue weighted by atomic mass is 10.2. The van der Waals surface area contributed by atoms with Crippen LogP contribution in [0, 0.1) is 0 Å². The Labute approximate surface area is 107 Å². The van der Waals surface area contributed by atoms with Crippen LogP contribution in [-0.2, 0) is 9.53 Å². The molecule has 7 nitrogen and oxygen atoms in total. The first-order valence-corrected chi connectivity index (χ1v) is 6.07. The number of carboxylic acids is 1. The third kappa shape index (κ3) is 8.77. The third-order valence-electron chi connectivity index (χ3n) is 2.12. The zero-order chi connectivity index (χ0) is 13.8. The van der Waals surface area contributed by atoms with Crippen LogP contribution in [0.4, 0.5) is 4.79 Å². The second-order valence-corrected chi connectivity index (χ2v) is 3.77. The number of hydrogen-bond acceptors (Lipinski definition) is 4. The van der Waals surface area contributed by atoms with Crippen LogP contribution < -0.4 is 10.6 Å². The van der Waals surface area contributed by atoms with E-state index >= 15 is 0 Å². The first-order chi connectivity index (χ1) is 8.61. The molecule has 0 aliphatic rings. The van der Waals surface area contributed by atoms with Gasteiger partial charge in [0.05, 0.1) is 0 Å². The Bertz CT molecular complexity index is 248. The van der Waals surface area contributed by atoms with Crippen molar-refractivity contribution in [2.24, 2.45) is 0 Å². The Morgan fingerprint density at radius 2 is 2.06 bits per heavy atom. The fourth-order valence-corrected chi connectivity index (χ4v) is 1.22. The van der Waals surface area contributed by atoms with Crippen LogP contribution in [0.2, 0.25) is 0 Å². The van der Waals surface area contributed by atoms with Gasteiger partial charge in [-0.15, -0.1) is 0 Å². The zero-order valence-corrected chi connectivity index (χ0v) is 10.6. The number of nitrogens with one attached hydrogen (secondary N) is 2. The number of carbonyl (C=O) groups excluding carboxylic acids is 1. The Kier molecular flexibility index (Phi) is 9.99. The SMILES string of the molecule is CCCOCCCNC(=O)N[C@H](CCO)C(=O)O. The van der Waals surface area contributed by atoms with Crippen molar-refractivity contribution in [2.45, 2.75) is 32.2 Å². The highest BCUT2D eigenvalue weighted by molar-refractivity contribution is 5.82. The molecule has 0 spiro atoms. The monoisotopic (exact) mass is 262 g/mol. The van der Waals surface area contributed by atoms with Crippen LogP contribution in [0.25, 0.3) is 0 Å². The first-order valence-electron chi connectivity index (χ1n) is 6.07. The molecule has 0 aromatic heterocycles. The van der Waals surface area contributed by atoms with Gasteiger partial charge in [-0.1, -0.05) is 6.92 Å². The molecule has 4 N–H and O–H groups in total. The molecule has 0 aliphatic heterocycles. The molecule has 0 bridgehead atoms. The molecular weight excluding hydrogens is 240 g/mol. The van der Waals surface area contributed by atoms with E-state index in [1.165, 1.54) is 0 Å². The number of rotatable bonds is 10. The van der Waals surface area contributed by atoms with E-state index < -0.39 is 18.0 Å². The van der Waals surface area contributed by atoms with Gasteiger partial charge < -0.3 is 25.6 Å². The maximum absolute atomic E-state index is 11.3. The minimum Gasteiger partial charge on any atom is -0.480 e. The molecule has 0 aliphatic carbocycles. The molecule has 0 heterocycles. The summed E-state index contributed by atoms with van der Waals surface area (Å²) in [6.07, 6.45) is 1.61. The predicted octanol–water partition coefficient (Wildman–Crippen LogP) is -0.0621. The summed E-state index contributed by atoms with van der Waals surface area (Å²) in [4.78, 5) is 22.0. The maximum atomic E-state index is 11.3. The molecule has 7 heteroatoms. The lowest BCUT2D eigenvalue weighted by Crippen LogP contribution is -2.46. The van der Waals surface area contributed by atoms with Crippen LogP contribution in [0.5, 0.6) is 0 Å². The number of carbonyl (C=O) groups is 2. The average Bonchev–Trinajstić information content (AvgIpc) is 2.33. The van der Waals surface area contributed by atoms with Gasteiger partial charge in [-0.3, -0.25) is 0 Å². The van der Waals surface area contributed by atoms with Crippen molar-refractivity contribution in [3.8, 4) is 0 Å². The summed E-state index contributed by atoms with van der Waals surface area (Å²) >= 11 is 0. The molecule has 0 fully saturated rings. The van der Waals surface area contributed by atoms with E-state index in [1.807, 2.05) is 6.92 Å². The predicted molar refractivity (Wildman–Crippen MR) is 65.4 cm³/mol. The Balaban J connectivity index is 3.65. The summed E-state index contributed by atoms with van der Waals surface area (Å²) in [6.45, 7) is 3.40. The topological polar surface area (TPSA) is 108 Å². The van der Waals surface area contributed by atoms with Crippen molar-refractivity contribution in [1.82, 2.24) is 10.6 Å². The molecule has 0 rings (SSSR count). The number of ether oxygens (including phenoxy) is 1. The molecule has 0 aromatic rings. The fourth-order valence-electron chi connectivity index (χ4n) is 1.22. The molecule has 1 atom stereocenters. The second-order valence-electron chi connectivity index (χ2n) is 3.77. The number of aliphatic hydroxyl groups is 1. The van der Waals surface area contributed by atoms with Crippen molar-refractivity contribution in [1.29, 1.82) is 0 Å². The zero-order valence-electron chi connectivity index (χ0n) is 10.6. The van der Waals surface area contributed by atoms with Crippen molar-refractivity contribution < 1.29 is 24.5 Å². The maximum Gasteiger partial charge on any atom is 0.326 e. The highest BCUT2D eigenvalue weighted by Crippen LogP contribution is 1.91. The fraction of sp³-hybridized carbons (Fsp3) is 0.818. The lowest BCUT2D eigenvalue weighted by molar-refractivity contribution is -0.139. The standard InChI is InChI=1S/C11H22N2O5/c1-2-7-18-8-3-5-12-11(17)13-9(4-6-14)10(15)16/h9,14H,2-8H2,1H3,(H,15,16)(H2,12,13,17)/t9-/m1/s1. The smallest absolute Gasteiger partial charge is 0.326 e. The van der Waals surface area contributed by atoms with Crippen molar-refractivity contribution >= 4 is 12.0 Å². The van der Waals surface area contributed by atoms with Gasteiger partial charge in [-0.2, -0.15) is 0 Å². The minimum absolute atomic E-state index is 0.0115. The van der Waals surface area contributed by atoms with Gasteiger partial charge in [-0.05, 0) is 12.8 Å². The number of amides is 2. The lowest BCUT2D eigenvalue weighted by Gasteiger charge is -2.13. The molecule has 18 heavy (non-hydrogen) atoms. The van der Waals surface area contributed by atoms with E-state index in [-0.39, 0.29) is 13.0 Å². The van der Waals surface area contributed by atoms with Gasteiger partial charge in [0.15, 0.2) is 0 Å². The van der Waals surface area contributed by atoms with Gasteiger partial charge >= 0.3 is 12.0 Å². The van der Waals surface area contributed by atoms with Gasteiger partial charge in [0.2, 0.25) is 0 Å². The number of carboxylic acid groups (broad SMARTS) is 1. The average molecular weight is 262 g/mol. The summed E-state index contributed by atoms with van der Waals surface area (Å²) in [7, 11) is 0.